The largest absolute Gasteiger partial charge is 0.456 e. The number of Topliss-reactive ketones (excluding diaryl/α,β-unsaturated/α-hetero) is 1. The van der Waals surface area contributed by atoms with Crippen molar-refractivity contribution < 1.29 is 22.7 Å². The highest BCUT2D eigenvalue weighted by atomic mass is 32.2. The van der Waals surface area contributed by atoms with E-state index in [1.54, 1.807) is 30.3 Å². The van der Waals surface area contributed by atoms with Gasteiger partial charge in [-0.25, -0.2) is 8.42 Å². The van der Waals surface area contributed by atoms with Crippen molar-refractivity contribution in [2.45, 2.75) is 43.1 Å². The van der Waals surface area contributed by atoms with Crippen LogP contribution in [0.5, 0.6) is 5.75 Å². The van der Waals surface area contributed by atoms with E-state index in [0.717, 1.165) is 13.1 Å². The topological polar surface area (TPSA) is 72.9 Å². The van der Waals surface area contributed by atoms with E-state index in [0.29, 0.717) is 0 Å². The first-order valence-corrected chi connectivity index (χ1v) is 10.4. The molecule has 1 aliphatic rings. The van der Waals surface area contributed by atoms with Crippen LogP contribution in [0.3, 0.4) is 0 Å². The van der Waals surface area contributed by atoms with Gasteiger partial charge in [0.25, 0.3) is 6.29 Å². The van der Waals surface area contributed by atoms with Gasteiger partial charge in [-0.1, -0.05) is 38.1 Å². The average Bonchev–Trinajstić information content (AvgIpc) is 2.99. The van der Waals surface area contributed by atoms with Gasteiger partial charge in [0.2, 0.25) is 15.6 Å². The molecule has 2 aromatic rings. The lowest BCUT2D eigenvalue weighted by atomic mass is 10.1. The summed E-state index contributed by atoms with van der Waals surface area (Å²) in [5, 5.41) is 0. The number of carbonyl (C=O) groups is 1. The Labute approximate surface area is 159 Å². The summed E-state index contributed by atoms with van der Waals surface area (Å²) in [4.78, 5) is 15.0. The van der Waals surface area contributed by atoms with Crippen molar-refractivity contribution in [3.63, 3.8) is 0 Å². The lowest BCUT2D eigenvalue weighted by molar-refractivity contribution is -0.133. The van der Waals surface area contributed by atoms with Gasteiger partial charge in [0, 0.05) is 0 Å². The molecule has 2 aromatic carbocycles. The summed E-state index contributed by atoms with van der Waals surface area (Å²) in [7, 11) is -3.84. The molecule has 0 spiro atoms. The number of fused-ring (bicyclic) bond motifs is 1. The molecule has 1 aliphatic heterocycles. The maximum Gasteiger partial charge on any atom is 0.266 e. The van der Waals surface area contributed by atoms with Gasteiger partial charge in [0.1, 0.15) is 12.0 Å². The van der Waals surface area contributed by atoms with Crippen LogP contribution in [0.1, 0.15) is 31.1 Å². The molecule has 6 nitrogen and oxygen atoms in total. The third-order valence-electron chi connectivity index (χ3n) is 4.67. The lowest BCUT2D eigenvalue weighted by Crippen LogP contribution is -2.40. The molecule has 0 amide bonds. The molecule has 144 valence electrons. The van der Waals surface area contributed by atoms with E-state index in [1.807, 2.05) is 25.7 Å². The molecule has 0 aromatic heterocycles. The van der Waals surface area contributed by atoms with E-state index in [4.69, 9.17) is 9.47 Å². The number of ketones is 1. The van der Waals surface area contributed by atoms with Crippen LogP contribution in [0, 0.1) is 0 Å². The van der Waals surface area contributed by atoms with Crippen molar-refractivity contribution in [2.75, 3.05) is 13.1 Å². The standard InChI is InChI=1S/C20H23NO5S/c1-4-21(5-2)14(3)25-20-19(22)18-16(26-20)12-9-13-17(18)27(23,24)15-10-7-6-8-11-15/h6-14,20H,4-5H2,1-3H3. The normalized spacial score (nSPS) is 17.6. The molecule has 0 radical (unpaired) electrons. The first kappa shape index (κ1) is 19.5. The van der Waals surface area contributed by atoms with Crippen LogP contribution < -0.4 is 4.74 Å². The van der Waals surface area contributed by atoms with Crippen LogP contribution in [0.25, 0.3) is 0 Å². The second-order valence-electron chi connectivity index (χ2n) is 6.22. The SMILES string of the molecule is CCN(CC)C(C)OC1Oc2cccc(S(=O)(=O)c3ccccc3)c2C1=O. The highest BCUT2D eigenvalue weighted by molar-refractivity contribution is 7.91. The zero-order valence-electron chi connectivity index (χ0n) is 15.6. The first-order valence-electron chi connectivity index (χ1n) is 8.93. The molecule has 3 rings (SSSR count). The van der Waals surface area contributed by atoms with Gasteiger partial charge in [-0.15, -0.1) is 0 Å². The second kappa shape index (κ2) is 7.80. The molecule has 0 saturated heterocycles. The summed E-state index contributed by atoms with van der Waals surface area (Å²) in [5.41, 5.74) is 0.0538. The summed E-state index contributed by atoms with van der Waals surface area (Å²) < 4.78 is 37.4. The van der Waals surface area contributed by atoms with E-state index >= 15 is 0 Å². The summed E-state index contributed by atoms with van der Waals surface area (Å²) in [6.07, 6.45) is -1.49. The average molecular weight is 389 g/mol. The molecular formula is C20H23NO5S. The summed E-state index contributed by atoms with van der Waals surface area (Å²) in [6.45, 7) is 7.37. The number of rotatable bonds is 7. The van der Waals surface area contributed by atoms with Crippen LogP contribution in [-0.4, -0.2) is 44.7 Å². The van der Waals surface area contributed by atoms with Crippen LogP contribution in [0.4, 0.5) is 0 Å². The smallest absolute Gasteiger partial charge is 0.266 e. The zero-order valence-corrected chi connectivity index (χ0v) is 16.4. The monoisotopic (exact) mass is 389 g/mol. The van der Waals surface area contributed by atoms with Crippen LogP contribution in [0.2, 0.25) is 0 Å². The zero-order chi connectivity index (χ0) is 19.6. The number of hydrogen-bond acceptors (Lipinski definition) is 6. The third-order valence-corrected chi connectivity index (χ3v) is 6.48. The highest BCUT2D eigenvalue weighted by Gasteiger charge is 2.40. The van der Waals surface area contributed by atoms with Crippen molar-refractivity contribution >= 4 is 15.6 Å². The van der Waals surface area contributed by atoms with Crippen LogP contribution >= 0.6 is 0 Å². The highest BCUT2D eigenvalue weighted by Crippen LogP contribution is 2.36. The molecule has 0 bridgehead atoms. The summed E-state index contributed by atoms with van der Waals surface area (Å²) in [6, 6.07) is 12.6. The fourth-order valence-corrected chi connectivity index (χ4v) is 4.68. The molecule has 7 heteroatoms. The van der Waals surface area contributed by atoms with Gasteiger partial charge < -0.3 is 9.47 Å². The quantitative estimate of drug-likeness (QED) is 0.678. The molecular weight excluding hydrogens is 366 g/mol. The Bertz CT molecular complexity index is 923. The van der Waals surface area contributed by atoms with Gasteiger partial charge >= 0.3 is 0 Å². The number of carbonyl (C=O) groups excluding carboxylic acids is 1. The van der Waals surface area contributed by atoms with Gasteiger partial charge in [-0.05, 0) is 44.3 Å². The van der Waals surface area contributed by atoms with E-state index in [1.165, 1.54) is 18.2 Å². The molecule has 0 N–H and O–H groups in total. The maximum absolute atomic E-state index is 13.0. The Hall–Kier alpha value is -2.22. The van der Waals surface area contributed by atoms with E-state index in [-0.39, 0.29) is 27.3 Å². The number of ether oxygens (including phenoxy) is 2. The number of nitrogens with zero attached hydrogens (tertiary/aromatic N) is 1. The molecule has 0 saturated carbocycles. The van der Waals surface area contributed by atoms with Gasteiger partial charge in [0.15, 0.2) is 0 Å². The van der Waals surface area contributed by atoms with Crippen molar-refractivity contribution in [1.29, 1.82) is 0 Å². The predicted octanol–water partition coefficient (Wildman–Crippen LogP) is 3.13. The molecule has 1 heterocycles. The molecule has 2 unspecified atom stereocenters. The lowest BCUT2D eigenvalue weighted by Gasteiger charge is -2.27. The minimum absolute atomic E-state index is 0.0538. The number of benzene rings is 2. The number of sulfone groups is 1. The minimum atomic E-state index is -3.84. The van der Waals surface area contributed by atoms with Crippen molar-refractivity contribution in [1.82, 2.24) is 4.90 Å². The minimum Gasteiger partial charge on any atom is -0.456 e. The summed E-state index contributed by atoms with van der Waals surface area (Å²) in [5.74, 6) is -0.243. The van der Waals surface area contributed by atoms with Gasteiger partial charge in [-0.2, -0.15) is 0 Å². The first-order chi connectivity index (χ1) is 12.9. The van der Waals surface area contributed by atoms with Crippen LogP contribution in [-0.2, 0) is 14.6 Å². The van der Waals surface area contributed by atoms with E-state index < -0.39 is 21.9 Å². The Kier molecular flexibility index (Phi) is 5.64. The van der Waals surface area contributed by atoms with E-state index in [9.17, 15) is 13.2 Å². The summed E-state index contributed by atoms with van der Waals surface area (Å²) >= 11 is 0. The van der Waals surface area contributed by atoms with Gasteiger partial charge in [0.05, 0.1) is 15.4 Å². The Morgan fingerprint density at radius 1 is 1.07 bits per heavy atom. The molecule has 2 atom stereocenters. The maximum atomic E-state index is 13.0. The fraction of sp³-hybridized carbons (Fsp3) is 0.350. The van der Waals surface area contributed by atoms with Crippen molar-refractivity contribution in [3.8, 4) is 5.75 Å². The second-order valence-corrected chi connectivity index (χ2v) is 8.13. The van der Waals surface area contributed by atoms with Crippen LogP contribution in [0.15, 0.2) is 58.3 Å². The molecule has 0 aliphatic carbocycles. The third kappa shape index (κ3) is 3.63. The predicted molar refractivity (Wildman–Crippen MR) is 101 cm³/mol. The molecule has 0 fully saturated rings. The Morgan fingerprint density at radius 2 is 1.74 bits per heavy atom. The number of hydrogen-bond donors (Lipinski definition) is 0. The molecule has 27 heavy (non-hydrogen) atoms. The fourth-order valence-electron chi connectivity index (χ4n) is 3.18. The van der Waals surface area contributed by atoms with Gasteiger partial charge in [-0.3, -0.25) is 9.69 Å². The van der Waals surface area contributed by atoms with Crippen molar-refractivity contribution in [3.05, 3.63) is 54.1 Å². The Morgan fingerprint density at radius 3 is 2.37 bits per heavy atom. The Balaban J connectivity index is 1.94. The van der Waals surface area contributed by atoms with Crippen molar-refractivity contribution in [2.24, 2.45) is 0 Å². The van der Waals surface area contributed by atoms with E-state index in [2.05, 4.69) is 0 Å².